The number of aromatic nitrogens is 1. The van der Waals surface area contributed by atoms with Crippen LogP contribution in [0.25, 0.3) is 6.08 Å². The lowest BCUT2D eigenvalue weighted by Gasteiger charge is -2.37. The van der Waals surface area contributed by atoms with Gasteiger partial charge >= 0.3 is 29.8 Å². The second-order valence-electron chi connectivity index (χ2n) is 19.3. The molecule has 0 spiro atoms. The molecule has 1 fully saturated rings. The number of carboxylic acids is 2. The summed E-state index contributed by atoms with van der Waals surface area (Å²) >= 11 is 3.49. The van der Waals surface area contributed by atoms with Crippen LogP contribution in [0.3, 0.4) is 0 Å². The van der Waals surface area contributed by atoms with Crippen LogP contribution in [-0.4, -0.2) is 203 Å². The summed E-state index contributed by atoms with van der Waals surface area (Å²) < 4.78 is 17.2. The number of hydrogen-bond donors (Lipinski definition) is 11. The van der Waals surface area contributed by atoms with Gasteiger partial charge in [0, 0.05) is 44.6 Å². The summed E-state index contributed by atoms with van der Waals surface area (Å²) in [7, 11) is 3.00. The molecule has 0 bridgehead atoms. The number of aliphatic carboxylic acids is 2. The van der Waals surface area contributed by atoms with Crippen LogP contribution < -0.4 is 32.7 Å². The van der Waals surface area contributed by atoms with Crippen LogP contribution in [0.1, 0.15) is 123 Å². The average molecular weight is 1270 g/mol. The molecule has 0 aliphatic carbocycles. The Hall–Kier alpha value is -5.89. The average Bonchev–Trinajstić information content (AvgIpc) is 2.90. The molecule has 4 amide bonds. The van der Waals surface area contributed by atoms with Gasteiger partial charge in [0.25, 0.3) is 0 Å². The number of nitrogens with two attached hydrogens (primary N) is 2. The van der Waals surface area contributed by atoms with Crippen LogP contribution in [0.2, 0.25) is 0 Å². The Morgan fingerprint density at radius 1 is 0.859 bits per heavy atom. The van der Waals surface area contributed by atoms with Crippen LogP contribution in [0, 0.1) is 30.1 Å². The first-order valence-electron chi connectivity index (χ1n) is 27.3. The number of ether oxygens (including phenoxy) is 3. The number of carboxylic acid groups (broad SMARTS) is 2. The monoisotopic (exact) mass is 1270 g/mol. The molecule has 27 nitrogen and oxygen atoms in total. The molecule has 2 heterocycles. The number of ketones is 1. The molecule has 13 N–H and O–H groups in total. The number of aryl methyl sites for hydroxylation is 1. The second-order valence-corrected chi connectivity index (χ2v) is 22.4. The Kier molecular flexibility index (Phi) is 52.8. The Morgan fingerprint density at radius 3 is 1.94 bits per heavy atom. The third-order valence-corrected chi connectivity index (χ3v) is 14.9. The number of thiazole rings is 1. The van der Waals surface area contributed by atoms with Crippen molar-refractivity contribution in [2.75, 3.05) is 64.0 Å². The van der Waals surface area contributed by atoms with Crippen molar-refractivity contribution < 1.29 is 97.3 Å². The highest BCUT2D eigenvalue weighted by Crippen LogP contribution is 2.35. The molecular formula is C55H95N7O20S3. The van der Waals surface area contributed by atoms with Crippen LogP contribution >= 0.6 is 34.9 Å². The molecule has 0 radical (unpaired) electrons. The van der Waals surface area contributed by atoms with Gasteiger partial charge in [-0.05, 0) is 77.7 Å². The van der Waals surface area contributed by atoms with Crippen molar-refractivity contribution in [2.45, 2.75) is 156 Å². The fourth-order valence-corrected chi connectivity index (χ4v) is 9.83. The summed E-state index contributed by atoms with van der Waals surface area (Å²) in [4.78, 5) is 150. The van der Waals surface area contributed by atoms with Gasteiger partial charge in [0.05, 0.1) is 59.2 Å². The zero-order chi connectivity index (χ0) is 66.1. The second kappa shape index (κ2) is 52.4. The van der Waals surface area contributed by atoms with Gasteiger partial charge < -0.3 is 82.1 Å². The normalized spacial score (nSPS) is 19.0. The van der Waals surface area contributed by atoms with Crippen LogP contribution in [0.5, 0.6) is 0 Å². The zero-order valence-corrected chi connectivity index (χ0v) is 53.3. The van der Waals surface area contributed by atoms with Gasteiger partial charge in [0.2, 0.25) is 24.1 Å². The molecule has 30 heteroatoms. The maximum atomic E-state index is 14.5. The summed E-state index contributed by atoms with van der Waals surface area (Å²) in [5, 5.41) is 51.2. The van der Waals surface area contributed by atoms with Crippen molar-refractivity contribution in [2.24, 2.45) is 34.6 Å². The number of carbonyl (C=O) groups excluding carboxylic acids is 10. The molecule has 0 aromatic carbocycles. The van der Waals surface area contributed by atoms with E-state index in [0.717, 1.165) is 93.9 Å². The van der Waals surface area contributed by atoms with E-state index in [9.17, 15) is 57.5 Å². The van der Waals surface area contributed by atoms with E-state index in [-0.39, 0.29) is 67.5 Å². The van der Waals surface area contributed by atoms with Crippen LogP contribution in [0.4, 0.5) is 0 Å². The summed E-state index contributed by atoms with van der Waals surface area (Å²) in [6, 6.07) is -3.95. The standard InChI is InChI=1S/C40H63N5O16S2.C7H9NS.C5H11NO.3CH4O/c1-23-8-6-10-24(2)35(61-34(53)21-62-18-27(44-22-47)37(55)43-17-31(49)50)25(3)36(54)40(4,5)29(16-32(51)59-15-7-9-23)60-33(52)20-63-19-28(38(56)42-13-14-46)45-30(48)12-11-26(41)39(57)58;1-3-4-7-5-9-6(2)8-7;1-2-3-5(6)4-7;3*1-2/h14,22-29,35H,6-13,15-21,41H2,1-5H3,(H,42,56)(H,43,55)(H,44,47)(H,45,48)(H,49,50)(H,57,58);3-5H,1-2H3;4-5H,2-3,6H2,1H3;3*2H,1H3/b;4-3-;;;;/t23?,24?,25?,26?,27?,28?,29?,35-;;;;;/m0...../s1. The van der Waals surface area contributed by atoms with Crippen LogP contribution in [0.15, 0.2) is 11.5 Å². The lowest BCUT2D eigenvalue weighted by Crippen LogP contribution is -2.49. The van der Waals surface area contributed by atoms with E-state index in [1.807, 2.05) is 39.8 Å². The first kappa shape index (κ1) is 85.6. The smallest absolute Gasteiger partial charge is 0.322 e. The van der Waals surface area contributed by atoms with Crippen molar-refractivity contribution in [3.63, 3.8) is 0 Å². The molecule has 85 heavy (non-hydrogen) atoms. The van der Waals surface area contributed by atoms with E-state index in [4.69, 9.17) is 51.2 Å². The number of carbonyl (C=O) groups is 12. The highest BCUT2D eigenvalue weighted by atomic mass is 32.2. The Bertz CT molecular complexity index is 2150. The number of allylic oxidation sites excluding steroid dienone is 1. The van der Waals surface area contributed by atoms with Crippen molar-refractivity contribution in [3.05, 3.63) is 22.2 Å². The number of esters is 3. The van der Waals surface area contributed by atoms with Crippen molar-refractivity contribution in [1.82, 2.24) is 26.3 Å². The summed E-state index contributed by atoms with van der Waals surface area (Å²) in [5.74, 6) is -9.74. The lowest BCUT2D eigenvalue weighted by molar-refractivity contribution is -0.166. The minimum Gasteiger partial charge on any atom is -0.480 e. The number of aliphatic hydroxyl groups is 3. The molecule has 9 atom stereocenters. The number of aliphatic hydroxyl groups excluding tert-OH is 3. The third kappa shape index (κ3) is 41.0. The number of nitrogens with zero attached hydrogens (tertiary/aromatic N) is 1. The Morgan fingerprint density at radius 2 is 1.44 bits per heavy atom. The number of rotatable bonds is 27. The highest BCUT2D eigenvalue weighted by Gasteiger charge is 2.46. The molecule has 0 saturated carbocycles. The molecule has 1 aliphatic rings. The van der Waals surface area contributed by atoms with E-state index in [1.165, 1.54) is 13.8 Å². The molecule has 8 unspecified atom stereocenters. The highest BCUT2D eigenvalue weighted by molar-refractivity contribution is 8.00. The van der Waals surface area contributed by atoms with Crippen molar-refractivity contribution in [3.8, 4) is 0 Å². The van der Waals surface area contributed by atoms with Gasteiger partial charge in [-0.2, -0.15) is 0 Å². The molecule has 488 valence electrons. The zero-order valence-electron chi connectivity index (χ0n) is 50.9. The third-order valence-electron chi connectivity index (χ3n) is 12.1. The topological polar surface area (TPSA) is 447 Å². The predicted octanol–water partition coefficient (Wildman–Crippen LogP) is 1.61. The van der Waals surface area contributed by atoms with Gasteiger partial charge in [-0.25, -0.2) is 4.98 Å². The number of thioether (sulfide) groups is 2. The Balaban J connectivity index is -0.00000125. The molecule has 1 aromatic rings. The molecular weight excluding hydrogens is 1170 g/mol. The largest absolute Gasteiger partial charge is 0.480 e. The maximum Gasteiger partial charge on any atom is 0.322 e. The first-order chi connectivity index (χ1) is 40.3. The SMILES string of the molecule is C/C=C\c1csc(C)n1.CC1CCCOC(=O)CC(OC(=O)CSCC(NC(=O)CCC(N)C(=O)O)C(=O)NCC=O)C(C)(C)C(=O)C(C)[C@@H](OC(=O)CSCC(NC=O)C(=O)NCC(=O)O)C(C)CCC1.CCCC(N)C=O.CO.CO.CO. The van der Waals surface area contributed by atoms with E-state index in [1.54, 1.807) is 18.3 Å². The van der Waals surface area contributed by atoms with Crippen molar-refractivity contribution in [1.29, 1.82) is 0 Å². The van der Waals surface area contributed by atoms with Gasteiger partial charge in [-0.3, -0.25) is 47.9 Å². The minimum atomic E-state index is -1.57. The number of aldehydes is 2. The minimum absolute atomic E-state index is 0.104. The molecule has 1 aromatic heterocycles. The predicted molar refractivity (Wildman–Crippen MR) is 324 cm³/mol. The number of cyclic esters (lactones) is 1. The fraction of sp³-hybridized carbons (Fsp3) is 0.691. The van der Waals surface area contributed by atoms with E-state index < -0.39 is 114 Å². The van der Waals surface area contributed by atoms with Gasteiger partial charge in [-0.15, -0.1) is 34.9 Å². The molecule has 2 rings (SSSR count). The van der Waals surface area contributed by atoms with E-state index in [2.05, 4.69) is 38.6 Å². The lowest BCUT2D eigenvalue weighted by atomic mass is 9.72. The van der Waals surface area contributed by atoms with E-state index in [0.29, 0.717) is 19.1 Å². The Labute approximate surface area is 511 Å². The van der Waals surface area contributed by atoms with Gasteiger partial charge in [0.1, 0.15) is 55.2 Å². The first-order valence-corrected chi connectivity index (χ1v) is 30.5. The summed E-state index contributed by atoms with van der Waals surface area (Å²) in [6.07, 6.45) is 7.33. The maximum absolute atomic E-state index is 14.5. The van der Waals surface area contributed by atoms with Crippen molar-refractivity contribution >= 4 is 113 Å². The van der Waals surface area contributed by atoms with Gasteiger partial charge in [-0.1, -0.05) is 53.0 Å². The van der Waals surface area contributed by atoms with Gasteiger partial charge in [0.15, 0.2) is 0 Å². The summed E-state index contributed by atoms with van der Waals surface area (Å²) in [5.41, 5.74) is 10.2. The quantitative estimate of drug-likeness (QED) is 0.0338. The summed E-state index contributed by atoms with van der Waals surface area (Å²) in [6.45, 7) is 13.5. The fourth-order valence-electron chi connectivity index (χ4n) is 7.59. The molecule has 1 saturated heterocycles. The number of nitrogens with one attached hydrogen (secondary N) is 4. The number of amides is 4. The van der Waals surface area contributed by atoms with Crippen LogP contribution in [-0.2, 0) is 71.7 Å². The van der Waals surface area contributed by atoms with E-state index >= 15 is 0 Å². The molecule has 1 aliphatic heterocycles. The number of Topliss-reactive ketones (excluding diaryl/α,β-unsaturated/α-hetero) is 1. The number of hydrogen-bond acceptors (Lipinski definition) is 24.